The second-order valence-electron chi connectivity index (χ2n) is 0. The van der Waals surface area contributed by atoms with Crippen LogP contribution in [0.3, 0.4) is 0 Å². The van der Waals surface area contributed by atoms with Gasteiger partial charge in [-0.3, -0.25) is 0 Å². The summed E-state index contributed by atoms with van der Waals surface area (Å²) in [5, 5.41) is 0. The van der Waals surface area contributed by atoms with Gasteiger partial charge in [0.25, 0.3) is 0 Å². The monoisotopic (exact) mass is 455 g/mol. The minimum absolute atomic E-state index is 0. The van der Waals surface area contributed by atoms with Gasteiger partial charge in [-0.1, -0.05) is 0 Å². The SMILES string of the molecule is [Cd].[Hg].[S]=[Ag]. The van der Waals surface area contributed by atoms with Gasteiger partial charge in [-0.15, -0.1) is 0 Å². The fraction of sp³-hybridized carbons (Fsp3) is 0. The molecule has 0 aliphatic heterocycles. The molecule has 0 N–H and O–H groups in total. The van der Waals surface area contributed by atoms with Crippen molar-refractivity contribution < 1.29 is 74.2 Å². The Balaban J connectivity index is -0.00000000500. The molecule has 0 bridgehead atoms. The third-order valence-electron chi connectivity index (χ3n) is 0. The third kappa shape index (κ3) is 8.84. The van der Waals surface area contributed by atoms with E-state index in [-0.39, 0.29) is 55.0 Å². The van der Waals surface area contributed by atoms with Crippen LogP contribution in [0.15, 0.2) is 0 Å². The van der Waals surface area contributed by atoms with Crippen molar-refractivity contribution in [3.63, 3.8) is 0 Å². The van der Waals surface area contributed by atoms with Crippen molar-refractivity contribution in [3.8, 4) is 0 Å². The van der Waals surface area contributed by atoms with Crippen LogP contribution in [0.1, 0.15) is 0 Å². The van der Waals surface area contributed by atoms with E-state index >= 15 is 0 Å². The molecule has 0 aliphatic carbocycles. The van der Waals surface area contributed by atoms with Gasteiger partial charge >= 0.3 is 28.8 Å². The van der Waals surface area contributed by atoms with Crippen LogP contribution in [0.5, 0.6) is 0 Å². The zero-order valence-electron chi connectivity index (χ0n) is 2.12. The Morgan fingerprint density at radius 2 is 1.25 bits per heavy atom. The molecule has 0 saturated carbocycles. The summed E-state index contributed by atoms with van der Waals surface area (Å²) in [5.74, 6) is 0. The molecule has 4 heteroatoms. The minimum atomic E-state index is 0. The molecule has 0 spiro atoms. The molecular weight excluding hydrogens is 453 g/mol. The molecule has 0 aromatic rings. The van der Waals surface area contributed by atoms with Crippen molar-refractivity contribution in [3.05, 3.63) is 0 Å². The third-order valence-corrected chi connectivity index (χ3v) is 0. The Morgan fingerprint density at radius 1 is 1.25 bits per heavy atom. The number of hydrogen-bond acceptors (Lipinski definition) is 1. The second kappa shape index (κ2) is 17.0. The topological polar surface area (TPSA) is 0 Å². The molecule has 21 valence electrons. The maximum atomic E-state index is 3.89. The molecule has 0 aromatic carbocycles. The normalized spacial score (nSPS) is 1.50. The van der Waals surface area contributed by atoms with E-state index in [0.29, 0.717) is 0 Å². The van der Waals surface area contributed by atoms with Crippen molar-refractivity contribution in [2.45, 2.75) is 0 Å². The molecule has 0 aliphatic rings. The Morgan fingerprint density at radius 3 is 1.25 bits per heavy atom. The Bertz CT molecular complexity index is 8.00. The van der Waals surface area contributed by atoms with Crippen molar-refractivity contribution in [1.29, 1.82) is 0 Å². The standard InChI is InChI=1S/Ag.Cd.Hg.S. The van der Waals surface area contributed by atoms with Crippen LogP contribution in [0, 0.1) is 0 Å². The zero-order valence-corrected chi connectivity index (χ0v) is 14.0. The van der Waals surface area contributed by atoms with Gasteiger partial charge in [-0.05, 0) is 0 Å². The first kappa shape index (κ1) is 15.8. The van der Waals surface area contributed by atoms with Gasteiger partial charge in [0.05, 0.1) is 0 Å². The van der Waals surface area contributed by atoms with Crippen molar-refractivity contribution in [2.24, 2.45) is 0 Å². The van der Waals surface area contributed by atoms with E-state index in [4.69, 9.17) is 0 Å². The fourth-order valence-corrected chi connectivity index (χ4v) is 0. The summed E-state index contributed by atoms with van der Waals surface area (Å²) < 4.78 is 0. The predicted molar refractivity (Wildman–Crippen MR) is 7.59 cm³/mol. The van der Waals surface area contributed by atoms with Crippen molar-refractivity contribution in [2.75, 3.05) is 0 Å². The summed E-state index contributed by atoms with van der Waals surface area (Å²) in [7, 11) is 3.89. The summed E-state index contributed by atoms with van der Waals surface area (Å²) in [6.07, 6.45) is 0. The molecule has 0 radical (unpaired) electrons. The van der Waals surface area contributed by atoms with E-state index in [1.165, 1.54) is 0 Å². The van der Waals surface area contributed by atoms with E-state index in [2.05, 4.69) is 28.8 Å². The molecule has 0 aromatic heterocycles. The van der Waals surface area contributed by atoms with Gasteiger partial charge in [0.2, 0.25) is 0 Å². The molecule has 0 nitrogen and oxygen atoms in total. The Labute approximate surface area is 82.0 Å². The molecule has 0 amide bonds. The summed E-state index contributed by atoms with van der Waals surface area (Å²) in [6.45, 7) is 0. The van der Waals surface area contributed by atoms with Crippen LogP contribution in [-0.2, 0) is 74.2 Å². The predicted octanol–water partition coefficient (Wildman–Crippen LogP) is 0.641. The van der Waals surface area contributed by atoms with Crippen molar-refractivity contribution >= 4 is 9.58 Å². The van der Waals surface area contributed by atoms with E-state index in [1.807, 2.05) is 0 Å². The Hall–Kier alpha value is 2.82. The van der Waals surface area contributed by atoms with Crippen LogP contribution in [0.25, 0.3) is 0 Å². The van der Waals surface area contributed by atoms with Crippen LogP contribution < -0.4 is 0 Å². The van der Waals surface area contributed by atoms with E-state index in [0.717, 1.165) is 0 Å². The number of rotatable bonds is 0. The van der Waals surface area contributed by atoms with Crippen LogP contribution in [0.2, 0.25) is 0 Å². The van der Waals surface area contributed by atoms with Crippen LogP contribution >= 0.6 is 9.58 Å². The van der Waals surface area contributed by atoms with Crippen molar-refractivity contribution in [1.82, 2.24) is 0 Å². The Kier molecular flexibility index (Phi) is 67.3. The quantitative estimate of drug-likeness (QED) is 0.486. The zero-order chi connectivity index (χ0) is 2.00. The van der Waals surface area contributed by atoms with E-state index < -0.39 is 0 Å². The molecular formula is AgCdHgS. The average molecular weight is 453 g/mol. The van der Waals surface area contributed by atoms with Gasteiger partial charge < -0.3 is 0 Å². The molecule has 4 heavy (non-hydrogen) atoms. The van der Waals surface area contributed by atoms with Gasteiger partial charge in [0.15, 0.2) is 0 Å². The molecule has 0 heterocycles. The van der Waals surface area contributed by atoms with Gasteiger partial charge in [0, 0.05) is 55.0 Å². The average Bonchev–Trinajstić information content (AvgIpc) is 1.00. The molecule has 0 unspecified atom stereocenters. The van der Waals surface area contributed by atoms with E-state index in [9.17, 15) is 0 Å². The first-order valence-corrected chi connectivity index (χ1v) is 2.18. The molecule has 0 saturated heterocycles. The van der Waals surface area contributed by atoms with Gasteiger partial charge in [-0.2, -0.15) is 0 Å². The molecule has 0 rings (SSSR count). The van der Waals surface area contributed by atoms with E-state index in [1.54, 1.807) is 0 Å². The molecule has 0 fully saturated rings. The second-order valence-corrected chi connectivity index (χ2v) is 0. The summed E-state index contributed by atoms with van der Waals surface area (Å²) in [4.78, 5) is 0. The summed E-state index contributed by atoms with van der Waals surface area (Å²) >= 11 is 2.53. The fourth-order valence-electron chi connectivity index (χ4n) is 0. The van der Waals surface area contributed by atoms with Gasteiger partial charge in [-0.25, -0.2) is 0 Å². The van der Waals surface area contributed by atoms with Crippen LogP contribution in [0.4, 0.5) is 0 Å². The first-order chi connectivity index (χ1) is 1.00. The maximum absolute atomic E-state index is 3.89. The van der Waals surface area contributed by atoms with Gasteiger partial charge in [0.1, 0.15) is 0 Å². The number of hydrogen-bond donors (Lipinski definition) is 0. The van der Waals surface area contributed by atoms with Crippen LogP contribution in [-0.4, -0.2) is 0 Å². The molecule has 0 atom stereocenters. The summed E-state index contributed by atoms with van der Waals surface area (Å²) in [6, 6.07) is 0. The first-order valence-electron chi connectivity index (χ1n) is 0.123. The summed E-state index contributed by atoms with van der Waals surface area (Å²) in [5.41, 5.74) is 0.